The van der Waals surface area contributed by atoms with Crippen molar-refractivity contribution >= 4 is 23.4 Å². The third-order valence-corrected chi connectivity index (χ3v) is 4.13. The molecule has 0 spiro atoms. The molecule has 0 aromatic heterocycles. The molecule has 3 N–H and O–H groups in total. The van der Waals surface area contributed by atoms with Gasteiger partial charge in [0.2, 0.25) is 5.91 Å². The van der Waals surface area contributed by atoms with Crippen molar-refractivity contribution < 1.29 is 9.53 Å². The summed E-state index contributed by atoms with van der Waals surface area (Å²) in [4.78, 5) is 13.4. The second-order valence-electron chi connectivity index (χ2n) is 4.72. The van der Waals surface area contributed by atoms with Crippen molar-refractivity contribution in [3.8, 4) is 0 Å². The molecule has 1 saturated heterocycles. The molecule has 1 heterocycles. The molecule has 1 aromatic rings. The molecule has 2 rings (SSSR count). The molecular weight excluding hydrogens is 248 g/mol. The Morgan fingerprint density at radius 2 is 2.17 bits per heavy atom. The van der Waals surface area contributed by atoms with Gasteiger partial charge in [0.25, 0.3) is 0 Å². The fourth-order valence-electron chi connectivity index (χ4n) is 1.87. The van der Waals surface area contributed by atoms with Crippen LogP contribution in [0.1, 0.15) is 6.92 Å². The standard InChI is InChI=1S/C13H18N2O2S/c1-13(8-17-7-11(13)14)12(16)15-9-3-5-10(18-2)6-4-9/h3-6,11H,7-8,14H2,1-2H3,(H,15,16). The van der Waals surface area contributed by atoms with Crippen LogP contribution in [0.2, 0.25) is 0 Å². The van der Waals surface area contributed by atoms with Gasteiger partial charge in [-0.05, 0) is 37.4 Å². The molecule has 18 heavy (non-hydrogen) atoms. The van der Waals surface area contributed by atoms with E-state index in [1.807, 2.05) is 37.4 Å². The maximum Gasteiger partial charge on any atom is 0.234 e. The van der Waals surface area contributed by atoms with Crippen LogP contribution < -0.4 is 11.1 Å². The summed E-state index contributed by atoms with van der Waals surface area (Å²) < 4.78 is 5.28. The Labute approximate surface area is 111 Å². The Morgan fingerprint density at radius 1 is 1.50 bits per heavy atom. The molecule has 0 bridgehead atoms. The summed E-state index contributed by atoms with van der Waals surface area (Å²) in [5.41, 5.74) is 6.07. The Balaban J connectivity index is 2.06. The molecule has 1 aromatic carbocycles. The van der Waals surface area contributed by atoms with Crippen LogP contribution in [0.3, 0.4) is 0 Å². The van der Waals surface area contributed by atoms with Crippen LogP contribution in [0.15, 0.2) is 29.2 Å². The third kappa shape index (κ3) is 2.53. The summed E-state index contributed by atoms with van der Waals surface area (Å²) in [5.74, 6) is -0.0793. The van der Waals surface area contributed by atoms with Gasteiger partial charge in [-0.15, -0.1) is 11.8 Å². The van der Waals surface area contributed by atoms with E-state index in [0.29, 0.717) is 13.2 Å². The average Bonchev–Trinajstić information content (AvgIpc) is 2.72. The van der Waals surface area contributed by atoms with Crippen molar-refractivity contribution in [3.05, 3.63) is 24.3 Å². The first-order valence-electron chi connectivity index (χ1n) is 5.85. The number of nitrogens with one attached hydrogen (secondary N) is 1. The van der Waals surface area contributed by atoms with Crippen LogP contribution in [0.4, 0.5) is 5.69 Å². The minimum absolute atomic E-state index is 0.0793. The van der Waals surface area contributed by atoms with E-state index in [1.54, 1.807) is 11.8 Å². The van der Waals surface area contributed by atoms with Crippen LogP contribution >= 0.6 is 11.8 Å². The van der Waals surface area contributed by atoms with E-state index in [2.05, 4.69) is 5.32 Å². The number of hydrogen-bond donors (Lipinski definition) is 2. The van der Waals surface area contributed by atoms with E-state index in [0.717, 1.165) is 5.69 Å². The zero-order valence-corrected chi connectivity index (χ0v) is 11.4. The minimum Gasteiger partial charge on any atom is -0.379 e. The monoisotopic (exact) mass is 266 g/mol. The fourth-order valence-corrected chi connectivity index (χ4v) is 2.28. The molecule has 1 amide bonds. The molecule has 5 heteroatoms. The highest BCUT2D eigenvalue weighted by molar-refractivity contribution is 7.98. The van der Waals surface area contributed by atoms with Crippen LogP contribution in [-0.2, 0) is 9.53 Å². The van der Waals surface area contributed by atoms with E-state index in [9.17, 15) is 4.79 Å². The molecule has 4 nitrogen and oxygen atoms in total. The summed E-state index contributed by atoms with van der Waals surface area (Å²) in [6.07, 6.45) is 2.02. The van der Waals surface area contributed by atoms with Gasteiger partial charge in [0.1, 0.15) is 0 Å². The Bertz CT molecular complexity index is 435. The third-order valence-electron chi connectivity index (χ3n) is 3.38. The SMILES string of the molecule is CSc1ccc(NC(=O)C2(C)COCC2N)cc1. The summed E-state index contributed by atoms with van der Waals surface area (Å²) in [6, 6.07) is 7.51. The predicted molar refractivity (Wildman–Crippen MR) is 73.8 cm³/mol. The van der Waals surface area contributed by atoms with Gasteiger partial charge in [-0.3, -0.25) is 4.79 Å². The smallest absolute Gasteiger partial charge is 0.234 e. The summed E-state index contributed by atoms with van der Waals surface area (Å²) in [7, 11) is 0. The molecule has 2 unspecified atom stereocenters. The Kier molecular flexibility index (Phi) is 3.94. The van der Waals surface area contributed by atoms with Crippen molar-refractivity contribution in [2.24, 2.45) is 11.1 Å². The number of ether oxygens (including phenoxy) is 1. The first-order valence-corrected chi connectivity index (χ1v) is 7.07. The number of carbonyl (C=O) groups excluding carboxylic acids is 1. The quantitative estimate of drug-likeness (QED) is 0.818. The van der Waals surface area contributed by atoms with Crippen molar-refractivity contribution in [1.82, 2.24) is 0 Å². The van der Waals surface area contributed by atoms with Crippen LogP contribution in [0.5, 0.6) is 0 Å². The van der Waals surface area contributed by atoms with Crippen molar-refractivity contribution in [3.63, 3.8) is 0 Å². The fraction of sp³-hybridized carbons (Fsp3) is 0.462. The van der Waals surface area contributed by atoms with Gasteiger partial charge in [0.15, 0.2) is 0 Å². The van der Waals surface area contributed by atoms with E-state index >= 15 is 0 Å². The van der Waals surface area contributed by atoms with Gasteiger partial charge in [-0.25, -0.2) is 0 Å². The molecule has 1 fully saturated rings. The lowest BCUT2D eigenvalue weighted by Gasteiger charge is -2.25. The largest absolute Gasteiger partial charge is 0.379 e. The van der Waals surface area contributed by atoms with E-state index < -0.39 is 5.41 Å². The number of amides is 1. The van der Waals surface area contributed by atoms with Crippen molar-refractivity contribution in [1.29, 1.82) is 0 Å². The predicted octanol–water partition coefficient (Wildman–Crippen LogP) is 1.71. The molecule has 98 valence electrons. The number of anilines is 1. The molecule has 0 saturated carbocycles. The molecule has 1 aliphatic rings. The number of hydrogen-bond acceptors (Lipinski definition) is 4. The van der Waals surface area contributed by atoms with Gasteiger partial charge >= 0.3 is 0 Å². The highest BCUT2D eigenvalue weighted by Gasteiger charge is 2.44. The number of carbonyl (C=O) groups is 1. The van der Waals surface area contributed by atoms with Gasteiger partial charge in [0, 0.05) is 16.6 Å². The van der Waals surface area contributed by atoms with E-state index in [-0.39, 0.29) is 11.9 Å². The van der Waals surface area contributed by atoms with Crippen molar-refractivity contribution in [2.75, 3.05) is 24.8 Å². The maximum atomic E-state index is 12.2. The highest BCUT2D eigenvalue weighted by Crippen LogP contribution is 2.29. The van der Waals surface area contributed by atoms with Crippen LogP contribution in [0.25, 0.3) is 0 Å². The van der Waals surface area contributed by atoms with Gasteiger partial charge in [-0.1, -0.05) is 0 Å². The zero-order chi connectivity index (χ0) is 13.2. The molecule has 0 radical (unpaired) electrons. The summed E-state index contributed by atoms with van der Waals surface area (Å²) in [5, 5.41) is 2.90. The minimum atomic E-state index is -0.641. The lowest BCUT2D eigenvalue weighted by Crippen LogP contribution is -2.47. The molecule has 1 aliphatic heterocycles. The Morgan fingerprint density at radius 3 is 2.67 bits per heavy atom. The number of benzene rings is 1. The second-order valence-corrected chi connectivity index (χ2v) is 5.60. The zero-order valence-electron chi connectivity index (χ0n) is 10.6. The molecule has 0 aliphatic carbocycles. The normalized spacial score (nSPS) is 27.2. The average molecular weight is 266 g/mol. The molecule has 2 atom stereocenters. The number of rotatable bonds is 3. The van der Waals surface area contributed by atoms with Crippen LogP contribution in [0, 0.1) is 5.41 Å². The number of thioether (sulfide) groups is 1. The maximum absolute atomic E-state index is 12.2. The second kappa shape index (κ2) is 5.30. The highest BCUT2D eigenvalue weighted by atomic mass is 32.2. The first-order chi connectivity index (χ1) is 8.56. The van der Waals surface area contributed by atoms with Gasteiger partial charge in [-0.2, -0.15) is 0 Å². The van der Waals surface area contributed by atoms with Crippen LogP contribution in [-0.4, -0.2) is 31.4 Å². The Hall–Kier alpha value is -1.04. The summed E-state index contributed by atoms with van der Waals surface area (Å²) in [6.45, 7) is 2.66. The van der Waals surface area contributed by atoms with Crippen molar-refractivity contribution in [2.45, 2.75) is 17.9 Å². The topological polar surface area (TPSA) is 64.3 Å². The lowest BCUT2D eigenvalue weighted by atomic mass is 9.85. The van der Waals surface area contributed by atoms with Gasteiger partial charge < -0.3 is 15.8 Å². The lowest BCUT2D eigenvalue weighted by molar-refractivity contribution is -0.125. The van der Waals surface area contributed by atoms with Gasteiger partial charge in [0.05, 0.1) is 18.6 Å². The molecular formula is C13H18N2O2S. The summed E-state index contributed by atoms with van der Waals surface area (Å²) >= 11 is 1.67. The van der Waals surface area contributed by atoms with E-state index in [4.69, 9.17) is 10.5 Å². The van der Waals surface area contributed by atoms with E-state index in [1.165, 1.54) is 4.90 Å². The number of nitrogens with two attached hydrogens (primary N) is 1. The first kappa shape index (κ1) is 13.4.